The quantitative estimate of drug-likeness (QED) is 0.558. The third kappa shape index (κ3) is 3.15. The van der Waals surface area contributed by atoms with Gasteiger partial charge in [-0.1, -0.05) is 54.1 Å². The van der Waals surface area contributed by atoms with E-state index in [2.05, 4.69) is 17.0 Å². The van der Waals surface area contributed by atoms with Crippen LogP contribution in [0.3, 0.4) is 0 Å². The molecule has 152 valence electrons. The maximum absolute atomic E-state index is 12.9. The van der Waals surface area contributed by atoms with E-state index in [9.17, 15) is 4.79 Å². The van der Waals surface area contributed by atoms with Gasteiger partial charge in [0.25, 0.3) is 6.29 Å². The molecular weight excluding hydrogens is 402 g/mol. The maximum atomic E-state index is 12.9. The molecule has 0 amide bonds. The zero-order chi connectivity index (χ0) is 20.7. The van der Waals surface area contributed by atoms with Gasteiger partial charge in [-0.05, 0) is 35.9 Å². The summed E-state index contributed by atoms with van der Waals surface area (Å²) >= 11 is 6.34. The summed E-state index contributed by atoms with van der Waals surface area (Å²) in [4.78, 5) is 15.1. The summed E-state index contributed by atoms with van der Waals surface area (Å²) in [6.07, 6.45) is -0.807. The normalized spacial score (nSPS) is 21.4. The van der Waals surface area contributed by atoms with E-state index in [0.29, 0.717) is 23.1 Å². The number of anilines is 1. The van der Waals surface area contributed by atoms with Gasteiger partial charge in [0.15, 0.2) is 5.92 Å². The summed E-state index contributed by atoms with van der Waals surface area (Å²) in [7, 11) is 1.39. The molecule has 0 unspecified atom stereocenters. The molecule has 30 heavy (non-hydrogen) atoms. The van der Waals surface area contributed by atoms with Crippen molar-refractivity contribution in [1.82, 2.24) is 0 Å². The highest BCUT2D eigenvalue weighted by atomic mass is 35.5. The summed E-state index contributed by atoms with van der Waals surface area (Å²) in [5.74, 6) is 0.243. The topological polar surface area (TPSA) is 48.0 Å². The number of fused-ring (bicyclic) bond motifs is 5. The van der Waals surface area contributed by atoms with Crippen molar-refractivity contribution in [1.29, 1.82) is 0 Å². The molecule has 0 fully saturated rings. The van der Waals surface area contributed by atoms with E-state index in [1.165, 1.54) is 7.11 Å². The third-order valence-corrected chi connectivity index (χ3v) is 5.82. The van der Waals surface area contributed by atoms with E-state index in [-0.39, 0.29) is 12.0 Å². The molecule has 0 spiro atoms. The average Bonchev–Trinajstić information content (AvgIpc) is 2.87. The maximum Gasteiger partial charge on any atom is 0.318 e. The van der Waals surface area contributed by atoms with Crippen molar-refractivity contribution in [2.45, 2.75) is 18.9 Å². The Balaban J connectivity index is 1.73. The number of para-hydroxylation sites is 2. The van der Waals surface area contributed by atoms with Crippen molar-refractivity contribution < 1.29 is 19.0 Å². The standard InChI is InChI=1S/C24H20ClNO4/c1-28-23(27)21-22-17-13-16(25)11-12-19(17)29-24(21)30-20-10-6-5-9-18(20)26(22)14-15-7-3-2-4-8-15/h2-13,21-22,24H,14H2,1H3/t21-,22+,24+/m1/s1. The van der Waals surface area contributed by atoms with E-state index >= 15 is 0 Å². The number of ether oxygens (including phenoxy) is 3. The minimum absolute atomic E-state index is 0.367. The molecule has 0 aliphatic carbocycles. The molecule has 0 aromatic heterocycles. The molecule has 3 atom stereocenters. The number of halogens is 1. The second-order valence-electron chi connectivity index (χ2n) is 7.36. The summed E-state index contributed by atoms with van der Waals surface area (Å²) in [6, 6.07) is 23.0. The van der Waals surface area contributed by atoms with Crippen molar-refractivity contribution in [2.24, 2.45) is 5.92 Å². The van der Waals surface area contributed by atoms with Gasteiger partial charge in [0, 0.05) is 17.1 Å². The number of benzene rings is 3. The van der Waals surface area contributed by atoms with E-state index < -0.39 is 12.2 Å². The summed E-state index contributed by atoms with van der Waals surface area (Å²) in [6.45, 7) is 0.581. The van der Waals surface area contributed by atoms with Crippen LogP contribution < -0.4 is 14.4 Å². The second-order valence-corrected chi connectivity index (χ2v) is 7.80. The lowest BCUT2D eigenvalue weighted by Crippen LogP contribution is -2.48. The van der Waals surface area contributed by atoms with Crippen LogP contribution >= 0.6 is 11.6 Å². The Bertz CT molecular complexity index is 1090. The van der Waals surface area contributed by atoms with Crippen molar-refractivity contribution in [3.8, 4) is 11.5 Å². The first-order valence-corrected chi connectivity index (χ1v) is 10.1. The first-order chi connectivity index (χ1) is 14.7. The highest BCUT2D eigenvalue weighted by molar-refractivity contribution is 6.30. The number of carbonyl (C=O) groups is 1. The molecule has 5 nitrogen and oxygen atoms in total. The van der Waals surface area contributed by atoms with E-state index in [1.807, 2.05) is 54.6 Å². The lowest BCUT2D eigenvalue weighted by Gasteiger charge is -2.40. The van der Waals surface area contributed by atoms with Gasteiger partial charge in [0.05, 0.1) is 18.8 Å². The van der Waals surface area contributed by atoms with Crippen molar-refractivity contribution in [2.75, 3.05) is 12.0 Å². The van der Waals surface area contributed by atoms with Crippen LogP contribution in [0, 0.1) is 5.92 Å². The number of hydrogen-bond donors (Lipinski definition) is 0. The summed E-state index contributed by atoms with van der Waals surface area (Å²) in [5.41, 5.74) is 2.84. The first-order valence-electron chi connectivity index (χ1n) is 9.76. The van der Waals surface area contributed by atoms with E-state index in [1.54, 1.807) is 6.07 Å². The van der Waals surface area contributed by atoms with E-state index in [4.69, 9.17) is 25.8 Å². The van der Waals surface area contributed by atoms with Gasteiger partial charge in [-0.25, -0.2) is 0 Å². The molecule has 0 radical (unpaired) electrons. The molecule has 0 N–H and O–H groups in total. The smallest absolute Gasteiger partial charge is 0.318 e. The zero-order valence-electron chi connectivity index (χ0n) is 16.3. The summed E-state index contributed by atoms with van der Waals surface area (Å²) in [5, 5.41) is 0.581. The molecule has 6 heteroatoms. The Morgan fingerprint density at radius 3 is 2.53 bits per heavy atom. The van der Waals surface area contributed by atoms with Crippen LogP contribution in [0.5, 0.6) is 11.5 Å². The SMILES string of the molecule is COC(=O)[C@@H]1[C@H]2Oc3ccc(Cl)cc3[C@@H]1N(Cc1ccccc1)c1ccccc1O2. The highest BCUT2D eigenvalue weighted by Gasteiger charge is 2.50. The van der Waals surface area contributed by atoms with Gasteiger partial charge in [0.2, 0.25) is 0 Å². The number of rotatable bonds is 3. The molecule has 5 rings (SSSR count). The number of esters is 1. The summed E-state index contributed by atoms with van der Waals surface area (Å²) < 4.78 is 17.5. The molecule has 2 aliphatic heterocycles. The third-order valence-electron chi connectivity index (χ3n) is 5.59. The highest BCUT2D eigenvalue weighted by Crippen LogP contribution is 2.50. The van der Waals surface area contributed by atoms with Gasteiger partial charge in [-0.3, -0.25) is 4.79 Å². The number of hydrogen-bond acceptors (Lipinski definition) is 5. The Hall–Kier alpha value is -3.18. The lowest BCUT2D eigenvalue weighted by molar-refractivity contribution is -0.159. The minimum Gasteiger partial charge on any atom is -0.469 e. The molecule has 3 aromatic carbocycles. The van der Waals surface area contributed by atoms with E-state index in [0.717, 1.165) is 16.8 Å². The second kappa shape index (κ2) is 7.58. The average molecular weight is 422 g/mol. The molecule has 0 saturated carbocycles. The zero-order valence-corrected chi connectivity index (χ0v) is 17.1. The number of carbonyl (C=O) groups excluding carboxylic acids is 1. The van der Waals surface area contributed by atoms with Crippen LogP contribution in [0.15, 0.2) is 72.8 Å². The molecule has 0 saturated heterocycles. The molecule has 2 bridgehead atoms. The van der Waals surface area contributed by atoms with Crippen LogP contribution in [-0.2, 0) is 16.1 Å². The van der Waals surface area contributed by atoms with Crippen molar-refractivity contribution >= 4 is 23.3 Å². The van der Waals surface area contributed by atoms with Gasteiger partial charge < -0.3 is 19.1 Å². The van der Waals surface area contributed by atoms with Gasteiger partial charge in [-0.15, -0.1) is 0 Å². The van der Waals surface area contributed by atoms with Gasteiger partial charge >= 0.3 is 5.97 Å². The van der Waals surface area contributed by atoms with Crippen molar-refractivity contribution in [3.63, 3.8) is 0 Å². The Labute approximate surface area is 179 Å². The Kier molecular flexibility index (Phi) is 4.75. The monoisotopic (exact) mass is 421 g/mol. The largest absolute Gasteiger partial charge is 0.469 e. The first kappa shape index (κ1) is 18.8. The Morgan fingerprint density at radius 1 is 1.00 bits per heavy atom. The van der Waals surface area contributed by atoms with Gasteiger partial charge in [0.1, 0.15) is 11.5 Å². The Morgan fingerprint density at radius 2 is 1.73 bits per heavy atom. The van der Waals surface area contributed by atoms with Crippen molar-refractivity contribution in [3.05, 3.63) is 88.9 Å². The molecule has 3 aromatic rings. The van der Waals surface area contributed by atoms with Crippen LogP contribution in [0.4, 0.5) is 5.69 Å². The fourth-order valence-corrected chi connectivity index (χ4v) is 4.45. The fourth-order valence-electron chi connectivity index (χ4n) is 4.27. The van der Waals surface area contributed by atoms with Crippen LogP contribution in [-0.4, -0.2) is 19.4 Å². The van der Waals surface area contributed by atoms with Crippen LogP contribution in [0.2, 0.25) is 5.02 Å². The molecular formula is C24H20ClNO4. The lowest BCUT2D eigenvalue weighted by atomic mass is 9.87. The molecule has 2 heterocycles. The molecule has 2 aliphatic rings. The predicted molar refractivity (Wildman–Crippen MR) is 114 cm³/mol. The van der Waals surface area contributed by atoms with Crippen LogP contribution in [0.1, 0.15) is 17.2 Å². The minimum atomic E-state index is -0.807. The van der Waals surface area contributed by atoms with Gasteiger partial charge in [-0.2, -0.15) is 0 Å². The number of nitrogens with zero attached hydrogens (tertiary/aromatic N) is 1. The van der Waals surface area contributed by atoms with Crippen LogP contribution in [0.25, 0.3) is 0 Å². The number of methoxy groups -OCH3 is 1. The predicted octanol–water partition coefficient (Wildman–Crippen LogP) is 4.99. The fraction of sp³-hybridized carbons (Fsp3) is 0.208.